The number of methoxy groups -OCH3 is 2. The fourth-order valence-corrected chi connectivity index (χ4v) is 3.70. The van der Waals surface area contributed by atoms with Crippen LogP contribution in [0.25, 0.3) is 6.08 Å². The molecular formula is C24H21BrN2O5. The second-order valence-corrected chi connectivity index (χ2v) is 7.27. The Kier molecular flexibility index (Phi) is 7.05. The van der Waals surface area contributed by atoms with Gasteiger partial charge in [0.1, 0.15) is 0 Å². The standard InChI is InChI=1S/C24H21N2O5.BrH/c1-30-22-13-18-12-19(24(27)21(18)14-23(22)31-2)10-16-6-8-25(9-7-16)15-17-4-3-5-20(11-17)26(28)29;/h3-11,13-14H,12,15H2,1-2H3;1H/q+1;/p-1/b19-10+;. The maximum Gasteiger partial charge on any atom is 0.269 e. The van der Waals surface area contributed by atoms with E-state index >= 15 is 0 Å². The number of pyridine rings is 1. The first-order valence-corrected chi connectivity index (χ1v) is 9.71. The number of hydrogen-bond donors (Lipinski definition) is 0. The Hall–Kier alpha value is -3.52. The van der Waals surface area contributed by atoms with Crippen LogP contribution < -0.4 is 31.0 Å². The van der Waals surface area contributed by atoms with Crippen molar-refractivity contribution in [3.8, 4) is 11.5 Å². The zero-order chi connectivity index (χ0) is 22.0. The normalized spacial score (nSPS) is 13.4. The highest BCUT2D eigenvalue weighted by atomic mass is 79.9. The summed E-state index contributed by atoms with van der Waals surface area (Å²) < 4.78 is 12.6. The second kappa shape index (κ2) is 9.74. The highest BCUT2D eigenvalue weighted by molar-refractivity contribution is 6.15. The molecule has 164 valence electrons. The van der Waals surface area contributed by atoms with E-state index in [1.807, 2.05) is 47.3 Å². The van der Waals surface area contributed by atoms with Crippen molar-refractivity contribution in [1.29, 1.82) is 0 Å². The highest BCUT2D eigenvalue weighted by Crippen LogP contribution is 2.36. The summed E-state index contributed by atoms with van der Waals surface area (Å²) in [6.07, 6.45) is 6.21. The third kappa shape index (κ3) is 4.70. The summed E-state index contributed by atoms with van der Waals surface area (Å²) in [5.74, 6) is 1.14. The molecule has 0 aliphatic heterocycles. The molecule has 0 N–H and O–H groups in total. The van der Waals surface area contributed by atoms with Gasteiger partial charge in [0.05, 0.1) is 19.1 Å². The molecule has 1 heterocycles. The number of halogens is 1. The molecule has 1 aliphatic carbocycles. The summed E-state index contributed by atoms with van der Waals surface area (Å²) in [6.45, 7) is 0.516. The van der Waals surface area contributed by atoms with E-state index in [-0.39, 0.29) is 28.5 Å². The van der Waals surface area contributed by atoms with Crippen LogP contribution in [-0.2, 0) is 13.0 Å². The Labute approximate surface area is 195 Å². The van der Waals surface area contributed by atoms with E-state index in [9.17, 15) is 14.9 Å². The number of benzene rings is 2. The van der Waals surface area contributed by atoms with Gasteiger partial charge >= 0.3 is 0 Å². The molecule has 8 heteroatoms. The van der Waals surface area contributed by atoms with Crippen molar-refractivity contribution in [3.63, 3.8) is 0 Å². The topological polar surface area (TPSA) is 82.5 Å². The Morgan fingerprint density at radius 3 is 2.41 bits per heavy atom. The number of Topliss-reactive ketones (excluding diaryl/α,β-unsaturated/α-hetero) is 1. The molecule has 0 radical (unpaired) electrons. The fourth-order valence-electron chi connectivity index (χ4n) is 3.70. The molecule has 7 nitrogen and oxygen atoms in total. The van der Waals surface area contributed by atoms with Crippen molar-refractivity contribution >= 4 is 17.5 Å². The van der Waals surface area contributed by atoms with Gasteiger partial charge in [0.2, 0.25) is 0 Å². The highest BCUT2D eigenvalue weighted by Gasteiger charge is 2.27. The van der Waals surface area contributed by atoms with E-state index in [0.29, 0.717) is 35.6 Å². The molecule has 0 unspecified atom stereocenters. The van der Waals surface area contributed by atoms with E-state index in [4.69, 9.17) is 9.47 Å². The predicted octanol–water partition coefficient (Wildman–Crippen LogP) is 0.774. The Balaban J connectivity index is 0.00000289. The molecule has 0 amide bonds. The number of fused-ring (bicyclic) bond motifs is 1. The molecule has 0 bridgehead atoms. The second-order valence-electron chi connectivity index (χ2n) is 7.27. The number of nitrogens with zero attached hydrogens (tertiary/aromatic N) is 2. The number of carbonyl (C=O) groups excluding carboxylic acids is 1. The average molecular weight is 497 g/mol. The summed E-state index contributed by atoms with van der Waals surface area (Å²) >= 11 is 0. The number of nitro groups is 1. The number of nitro benzene ring substituents is 1. The van der Waals surface area contributed by atoms with E-state index < -0.39 is 4.92 Å². The van der Waals surface area contributed by atoms with Gasteiger partial charge in [-0.05, 0) is 29.3 Å². The average Bonchev–Trinajstić information content (AvgIpc) is 3.08. The molecule has 4 rings (SSSR count). The van der Waals surface area contributed by atoms with Gasteiger partial charge in [0.25, 0.3) is 5.69 Å². The molecule has 0 saturated carbocycles. The van der Waals surface area contributed by atoms with Crippen LogP contribution in [0.2, 0.25) is 0 Å². The Morgan fingerprint density at radius 1 is 1.06 bits per heavy atom. The van der Waals surface area contributed by atoms with Gasteiger partial charge < -0.3 is 26.5 Å². The van der Waals surface area contributed by atoms with E-state index in [1.54, 1.807) is 32.4 Å². The summed E-state index contributed by atoms with van der Waals surface area (Å²) in [5.41, 5.74) is 4.10. The van der Waals surface area contributed by atoms with Crippen LogP contribution >= 0.6 is 0 Å². The van der Waals surface area contributed by atoms with Crippen LogP contribution in [0.5, 0.6) is 11.5 Å². The van der Waals surface area contributed by atoms with Gasteiger partial charge in [-0.25, -0.2) is 4.57 Å². The van der Waals surface area contributed by atoms with Crippen LogP contribution in [0.15, 0.2) is 66.5 Å². The first-order valence-electron chi connectivity index (χ1n) is 9.71. The summed E-state index contributed by atoms with van der Waals surface area (Å²) in [5, 5.41) is 10.9. The molecule has 0 saturated heterocycles. The third-order valence-electron chi connectivity index (χ3n) is 5.27. The van der Waals surface area contributed by atoms with Crippen LogP contribution in [-0.4, -0.2) is 24.9 Å². The molecule has 0 spiro atoms. The van der Waals surface area contributed by atoms with Gasteiger partial charge in [-0.15, -0.1) is 0 Å². The number of non-ortho nitro benzene ring substituents is 1. The monoisotopic (exact) mass is 496 g/mol. The largest absolute Gasteiger partial charge is 1.00 e. The van der Waals surface area contributed by atoms with Crippen LogP contribution in [0.3, 0.4) is 0 Å². The number of hydrogen-bond acceptors (Lipinski definition) is 5. The lowest BCUT2D eigenvalue weighted by atomic mass is 10.1. The van der Waals surface area contributed by atoms with Crippen molar-refractivity contribution < 1.29 is 40.7 Å². The van der Waals surface area contributed by atoms with Gasteiger partial charge in [0, 0.05) is 47.4 Å². The first kappa shape index (κ1) is 23.1. The van der Waals surface area contributed by atoms with Gasteiger partial charge in [-0.2, -0.15) is 0 Å². The van der Waals surface area contributed by atoms with E-state index in [2.05, 4.69) is 0 Å². The van der Waals surface area contributed by atoms with Crippen molar-refractivity contribution in [1.82, 2.24) is 0 Å². The molecule has 1 aromatic heterocycles. The number of aromatic nitrogens is 1. The smallest absolute Gasteiger partial charge is 0.269 e. The molecular weight excluding hydrogens is 476 g/mol. The van der Waals surface area contributed by atoms with Gasteiger partial charge in [0.15, 0.2) is 36.2 Å². The number of carbonyl (C=O) groups is 1. The minimum absolute atomic E-state index is 0. The fraction of sp³-hybridized carbons (Fsp3) is 0.167. The first-order chi connectivity index (χ1) is 15.0. The minimum Gasteiger partial charge on any atom is -1.00 e. The maximum atomic E-state index is 12.8. The van der Waals surface area contributed by atoms with Gasteiger partial charge in [-0.1, -0.05) is 12.1 Å². The number of allylic oxidation sites excluding steroid dienone is 1. The molecule has 0 atom stereocenters. The summed E-state index contributed by atoms with van der Waals surface area (Å²) in [4.78, 5) is 23.4. The maximum absolute atomic E-state index is 12.8. The quantitative estimate of drug-likeness (QED) is 0.218. The van der Waals surface area contributed by atoms with E-state index in [1.165, 1.54) is 6.07 Å². The summed E-state index contributed by atoms with van der Waals surface area (Å²) in [6, 6.07) is 14.0. The van der Waals surface area contributed by atoms with Crippen molar-refractivity contribution in [2.24, 2.45) is 0 Å². The molecule has 3 aromatic rings. The minimum atomic E-state index is -0.398. The molecule has 32 heavy (non-hydrogen) atoms. The van der Waals surface area contributed by atoms with Crippen LogP contribution in [0, 0.1) is 10.1 Å². The SMILES string of the molecule is COc1cc2c(cc1OC)C(=O)/C(=C/c1cc[n+](Cc3cccc([N+](=O)[O-])c3)cc1)C2.[Br-]. The zero-order valence-corrected chi connectivity index (χ0v) is 19.2. The third-order valence-corrected chi connectivity index (χ3v) is 5.27. The van der Waals surface area contributed by atoms with Crippen molar-refractivity contribution in [2.45, 2.75) is 13.0 Å². The number of rotatable bonds is 6. The predicted molar refractivity (Wildman–Crippen MR) is 114 cm³/mol. The van der Waals surface area contributed by atoms with Crippen LogP contribution in [0.1, 0.15) is 27.0 Å². The Morgan fingerprint density at radius 2 is 1.75 bits per heavy atom. The lowest BCUT2D eigenvalue weighted by Gasteiger charge is -2.08. The van der Waals surface area contributed by atoms with Crippen molar-refractivity contribution in [3.05, 3.63) is 98.9 Å². The zero-order valence-electron chi connectivity index (χ0n) is 17.6. The Bertz CT molecular complexity index is 1210. The molecule has 0 fully saturated rings. The number of ether oxygens (including phenoxy) is 2. The summed E-state index contributed by atoms with van der Waals surface area (Å²) in [7, 11) is 3.12. The molecule has 2 aromatic carbocycles. The lowest BCUT2D eigenvalue weighted by Crippen LogP contribution is -3.00. The van der Waals surface area contributed by atoms with Crippen LogP contribution in [0.4, 0.5) is 5.69 Å². The number of ketones is 1. The van der Waals surface area contributed by atoms with Gasteiger partial charge in [-0.3, -0.25) is 14.9 Å². The molecule has 1 aliphatic rings. The van der Waals surface area contributed by atoms with E-state index in [0.717, 1.165) is 16.7 Å². The van der Waals surface area contributed by atoms with Crippen molar-refractivity contribution in [2.75, 3.05) is 14.2 Å². The lowest BCUT2D eigenvalue weighted by molar-refractivity contribution is -0.688.